The molecule has 0 unspecified atom stereocenters. The van der Waals surface area contributed by atoms with Gasteiger partial charge in [0.2, 0.25) is 0 Å². The number of rotatable bonds is 6. The molecule has 0 N–H and O–H groups in total. The van der Waals surface area contributed by atoms with E-state index < -0.39 is 0 Å². The first kappa shape index (κ1) is 17.0. The lowest BCUT2D eigenvalue weighted by Gasteiger charge is -2.19. The lowest BCUT2D eigenvalue weighted by atomic mass is 10.2. The molecule has 0 saturated heterocycles. The van der Waals surface area contributed by atoms with Gasteiger partial charge in [-0.3, -0.25) is 18.8 Å². The zero-order valence-corrected chi connectivity index (χ0v) is 14.1. The Kier molecular flexibility index (Phi) is 5.39. The van der Waals surface area contributed by atoms with Crippen LogP contribution in [0.4, 0.5) is 0 Å². The van der Waals surface area contributed by atoms with E-state index in [2.05, 4.69) is 4.90 Å². The Morgan fingerprint density at radius 2 is 1.70 bits per heavy atom. The topological polar surface area (TPSA) is 56.5 Å². The highest BCUT2D eigenvalue weighted by Gasteiger charge is 2.09. The van der Waals surface area contributed by atoms with E-state index in [0.29, 0.717) is 18.8 Å². The minimum Gasteiger partial charge on any atom is -0.494 e. The van der Waals surface area contributed by atoms with Crippen LogP contribution in [0.3, 0.4) is 0 Å². The van der Waals surface area contributed by atoms with Gasteiger partial charge in [0.1, 0.15) is 5.75 Å². The third kappa shape index (κ3) is 4.10. The quantitative estimate of drug-likeness (QED) is 0.801. The molecule has 124 valence electrons. The molecule has 6 heteroatoms. The molecule has 0 aliphatic rings. The molecule has 0 aliphatic carbocycles. The third-order valence-electron chi connectivity index (χ3n) is 3.74. The fraction of sp³-hybridized carbons (Fsp3) is 0.412. The van der Waals surface area contributed by atoms with Gasteiger partial charge in [-0.15, -0.1) is 0 Å². The Balaban J connectivity index is 2.09. The molecule has 6 nitrogen and oxygen atoms in total. The van der Waals surface area contributed by atoms with Crippen molar-refractivity contribution < 1.29 is 4.74 Å². The first-order valence-electron chi connectivity index (χ1n) is 7.58. The number of aromatic nitrogens is 2. The van der Waals surface area contributed by atoms with Crippen LogP contribution in [-0.2, 0) is 27.2 Å². The molecule has 1 aromatic heterocycles. The largest absolute Gasteiger partial charge is 0.494 e. The highest BCUT2D eigenvalue weighted by molar-refractivity contribution is 5.27. The summed E-state index contributed by atoms with van der Waals surface area (Å²) in [5.41, 5.74) is 1.26. The first-order chi connectivity index (χ1) is 10.9. The van der Waals surface area contributed by atoms with Crippen molar-refractivity contribution in [2.24, 2.45) is 14.1 Å². The van der Waals surface area contributed by atoms with Crippen molar-refractivity contribution in [3.8, 4) is 5.75 Å². The number of hydrogen-bond donors (Lipinski definition) is 0. The predicted octanol–water partition coefficient (Wildman–Crippen LogP) is 1.11. The molecular weight excluding hydrogens is 294 g/mol. The molecule has 0 bridgehead atoms. The Morgan fingerprint density at radius 1 is 1.04 bits per heavy atom. The minimum atomic E-state index is -0.304. The Bertz CT molecular complexity index is 775. The highest BCUT2D eigenvalue weighted by atomic mass is 16.5. The van der Waals surface area contributed by atoms with Crippen molar-refractivity contribution in [2.45, 2.75) is 20.0 Å². The predicted molar refractivity (Wildman–Crippen MR) is 89.7 cm³/mol. The van der Waals surface area contributed by atoms with Crippen LogP contribution in [0.15, 0.2) is 39.9 Å². The SMILES string of the molecule is CCOc1ccc(CN(C)Cc2cc(=O)n(C)c(=O)n2C)cc1. The van der Waals surface area contributed by atoms with Crippen LogP contribution in [-0.4, -0.2) is 27.7 Å². The van der Waals surface area contributed by atoms with Crippen molar-refractivity contribution in [1.29, 1.82) is 0 Å². The summed E-state index contributed by atoms with van der Waals surface area (Å²) in [4.78, 5) is 25.8. The fourth-order valence-electron chi connectivity index (χ4n) is 2.43. The Hall–Kier alpha value is -2.34. The smallest absolute Gasteiger partial charge is 0.330 e. The number of benzene rings is 1. The first-order valence-corrected chi connectivity index (χ1v) is 7.58. The fourth-order valence-corrected chi connectivity index (χ4v) is 2.43. The van der Waals surface area contributed by atoms with Gasteiger partial charge >= 0.3 is 5.69 Å². The summed E-state index contributed by atoms with van der Waals surface area (Å²) in [5, 5.41) is 0. The third-order valence-corrected chi connectivity index (χ3v) is 3.74. The van der Waals surface area contributed by atoms with Crippen LogP contribution in [0.2, 0.25) is 0 Å². The second-order valence-electron chi connectivity index (χ2n) is 5.62. The van der Waals surface area contributed by atoms with Crippen LogP contribution in [0.25, 0.3) is 0 Å². The molecule has 23 heavy (non-hydrogen) atoms. The summed E-state index contributed by atoms with van der Waals surface area (Å²) in [7, 11) is 5.12. The number of ether oxygens (including phenoxy) is 1. The molecule has 0 fully saturated rings. The molecule has 0 saturated carbocycles. The van der Waals surface area contributed by atoms with Crippen LogP contribution in [0.1, 0.15) is 18.2 Å². The normalized spacial score (nSPS) is 11.0. The van der Waals surface area contributed by atoms with E-state index in [9.17, 15) is 9.59 Å². The molecule has 0 spiro atoms. The summed E-state index contributed by atoms with van der Waals surface area (Å²) in [6.07, 6.45) is 0. The van der Waals surface area contributed by atoms with E-state index in [-0.39, 0.29) is 11.2 Å². The minimum absolute atomic E-state index is 0.280. The van der Waals surface area contributed by atoms with Crippen molar-refractivity contribution in [3.63, 3.8) is 0 Å². The lowest BCUT2D eigenvalue weighted by Crippen LogP contribution is -2.39. The maximum Gasteiger partial charge on any atom is 0.330 e. The molecule has 0 amide bonds. The van der Waals surface area contributed by atoms with Gasteiger partial charge in [0, 0.05) is 38.9 Å². The van der Waals surface area contributed by atoms with Crippen molar-refractivity contribution in [3.05, 3.63) is 62.4 Å². The Morgan fingerprint density at radius 3 is 2.30 bits per heavy atom. The van der Waals surface area contributed by atoms with E-state index in [4.69, 9.17) is 4.74 Å². The maximum absolute atomic E-state index is 11.9. The zero-order chi connectivity index (χ0) is 17.0. The highest BCUT2D eigenvalue weighted by Crippen LogP contribution is 2.13. The number of hydrogen-bond acceptors (Lipinski definition) is 4. The van der Waals surface area contributed by atoms with Crippen LogP contribution in [0.5, 0.6) is 5.75 Å². The van der Waals surface area contributed by atoms with Gasteiger partial charge in [-0.25, -0.2) is 4.79 Å². The van der Waals surface area contributed by atoms with Crippen molar-refractivity contribution in [1.82, 2.24) is 14.0 Å². The van der Waals surface area contributed by atoms with E-state index in [0.717, 1.165) is 22.4 Å². The van der Waals surface area contributed by atoms with Crippen LogP contribution >= 0.6 is 0 Å². The summed E-state index contributed by atoms with van der Waals surface area (Å²) >= 11 is 0. The van der Waals surface area contributed by atoms with Gasteiger partial charge in [-0.1, -0.05) is 12.1 Å². The molecule has 0 atom stereocenters. The van der Waals surface area contributed by atoms with Gasteiger partial charge in [0.15, 0.2) is 0 Å². The van der Waals surface area contributed by atoms with E-state index in [1.807, 2.05) is 38.2 Å². The van der Waals surface area contributed by atoms with Crippen LogP contribution < -0.4 is 16.0 Å². The molecule has 0 radical (unpaired) electrons. The average Bonchev–Trinajstić information content (AvgIpc) is 2.52. The van der Waals surface area contributed by atoms with Gasteiger partial charge < -0.3 is 4.74 Å². The molecule has 1 heterocycles. The summed E-state index contributed by atoms with van der Waals surface area (Å²) < 4.78 is 8.04. The van der Waals surface area contributed by atoms with Gasteiger partial charge in [-0.05, 0) is 31.7 Å². The van der Waals surface area contributed by atoms with Gasteiger partial charge in [0.05, 0.1) is 6.61 Å². The molecular formula is C17H23N3O3. The van der Waals surface area contributed by atoms with E-state index in [1.165, 1.54) is 17.7 Å². The molecule has 1 aromatic carbocycles. The lowest BCUT2D eigenvalue weighted by molar-refractivity contribution is 0.307. The summed E-state index contributed by atoms with van der Waals surface area (Å²) in [5.74, 6) is 0.854. The van der Waals surface area contributed by atoms with Gasteiger partial charge in [-0.2, -0.15) is 0 Å². The zero-order valence-electron chi connectivity index (χ0n) is 14.1. The summed E-state index contributed by atoms with van der Waals surface area (Å²) in [6, 6.07) is 9.44. The second-order valence-corrected chi connectivity index (χ2v) is 5.62. The van der Waals surface area contributed by atoms with E-state index in [1.54, 1.807) is 7.05 Å². The molecule has 2 aromatic rings. The molecule has 0 aliphatic heterocycles. The monoisotopic (exact) mass is 317 g/mol. The number of nitrogens with zero attached hydrogens (tertiary/aromatic N) is 3. The van der Waals surface area contributed by atoms with Gasteiger partial charge in [0.25, 0.3) is 5.56 Å². The Labute approximate surface area is 135 Å². The van der Waals surface area contributed by atoms with Crippen molar-refractivity contribution >= 4 is 0 Å². The standard InChI is InChI=1S/C17H23N3O3/c1-5-23-15-8-6-13(7-9-15)11-18(2)12-14-10-16(21)20(4)17(22)19(14)3/h6-10H,5,11-12H2,1-4H3. The van der Waals surface area contributed by atoms with Crippen LogP contribution in [0, 0.1) is 0 Å². The van der Waals surface area contributed by atoms with E-state index >= 15 is 0 Å². The molecule has 2 rings (SSSR count). The average molecular weight is 317 g/mol. The maximum atomic E-state index is 11.9. The second kappa shape index (κ2) is 7.28. The summed E-state index contributed by atoms with van der Waals surface area (Å²) in [6.45, 7) is 3.84. The van der Waals surface area contributed by atoms with Crippen molar-refractivity contribution in [2.75, 3.05) is 13.7 Å².